The average Bonchev–Trinajstić information content (AvgIpc) is 3.01. The lowest BCUT2D eigenvalue weighted by molar-refractivity contribution is -0.128. The molecule has 3 nitrogen and oxygen atoms in total. The zero-order valence-electron chi connectivity index (χ0n) is 13.4. The second kappa shape index (κ2) is 7.47. The molecule has 0 radical (unpaired) electrons. The molecule has 122 valence electrons. The molecule has 2 N–H and O–H groups in total. The topological polar surface area (TPSA) is 41.1 Å². The molecular weight excluding hydrogens is 296 g/mol. The van der Waals surface area contributed by atoms with Crippen LogP contribution in [0.3, 0.4) is 0 Å². The van der Waals surface area contributed by atoms with Crippen LogP contribution in [-0.2, 0) is 10.2 Å². The van der Waals surface area contributed by atoms with Crippen molar-refractivity contribution in [2.75, 3.05) is 13.1 Å². The number of hydrogen-bond acceptors (Lipinski definition) is 2. The number of aryl methyl sites for hydroxylation is 1. The van der Waals surface area contributed by atoms with E-state index in [1.54, 1.807) is 0 Å². The summed E-state index contributed by atoms with van der Waals surface area (Å²) in [6.07, 6.45) is 6.60. The molecule has 2 aliphatic rings. The number of rotatable bonds is 3. The standard InChI is InChI=1S/C18H26N2O.ClH/c1-14-7-3-4-8-16(14)18(10-5-2-6-11-18)17(21)20-15-9-12-19-13-15;/h3-4,7-8,15,19H,2,5-6,9-13H2,1H3,(H,20,21);1H. The van der Waals surface area contributed by atoms with Gasteiger partial charge in [0.2, 0.25) is 5.91 Å². The molecule has 0 spiro atoms. The van der Waals surface area contributed by atoms with E-state index >= 15 is 0 Å². The van der Waals surface area contributed by atoms with Gasteiger partial charge in [-0.3, -0.25) is 4.79 Å². The fraction of sp³-hybridized carbons (Fsp3) is 0.611. The van der Waals surface area contributed by atoms with E-state index in [1.807, 2.05) is 0 Å². The molecule has 3 rings (SSSR count). The number of hydrogen-bond donors (Lipinski definition) is 2. The van der Waals surface area contributed by atoms with E-state index in [2.05, 4.69) is 41.8 Å². The van der Waals surface area contributed by atoms with Crippen LogP contribution in [0.4, 0.5) is 0 Å². The molecule has 1 aliphatic carbocycles. The Labute approximate surface area is 139 Å². The fourth-order valence-electron chi connectivity index (χ4n) is 3.99. The second-order valence-electron chi connectivity index (χ2n) is 6.62. The summed E-state index contributed by atoms with van der Waals surface area (Å²) in [6, 6.07) is 8.74. The molecule has 1 aliphatic heterocycles. The number of halogens is 1. The number of carbonyl (C=O) groups is 1. The van der Waals surface area contributed by atoms with Gasteiger partial charge in [0.25, 0.3) is 0 Å². The van der Waals surface area contributed by atoms with Crippen LogP contribution in [0.25, 0.3) is 0 Å². The van der Waals surface area contributed by atoms with E-state index in [0.717, 1.165) is 45.2 Å². The number of amides is 1. The highest BCUT2D eigenvalue weighted by molar-refractivity contribution is 5.89. The van der Waals surface area contributed by atoms with Crippen LogP contribution < -0.4 is 10.6 Å². The lowest BCUT2D eigenvalue weighted by Crippen LogP contribution is -2.50. The zero-order chi connectivity index (χ0) is 14.7. The Bertz CT molecular complexity index is 506. The molecule has 1 amide bonds. The van der Waals surface area contributed by atoms with Crippen molar-refractivity contribution in [1.29, 1.82) is 0 Å². The van der Waals surface area contributed by atoms with Gasteiger partial charge in [-0.05, 0) is 43.9 Å². The summed E-state index contributed by atoms with van der Waals surface area (Å²) < 4.78 is 0. The van der Waals surface area contributed by atoms with Crippen molar-refractivity contribution in [3.63, 3.8) is 0 Å². The maximum absolute atomic E-state index is 13.1. The molecule has 1 aromatic rings. The first-order valence-electron chi connectivity index (χ1n) is 8.30. The normalized spacial score (nSPS) is 23.6. The second-order valence-corrected chi connectivity index (χ2v) is 6.62. The minimum absolute atomic E-state index is 0. The molecular formula is C18H27ClN2O. The van der Waals surface area contributed by atoms with Gasteiger partial charge in [-0.15, -0.1) is 12.4 Å². The first-order valence-corrected chi connectivity index (χ1v) is 8.30. The van der Waals surface area contributed by atoms with Crippen LogP contribution >= 0.6 is 12.4 Å². The first kappa shape index (κ1) is 17.3. The highest BCUT2D eigenvalue weighted by Crippen LogP contribution is 2.41. The van der Waals surface area contributed by atoms with Crippen molar-refractivity contribution >= 4 is 18.3 Å². The van der Waals surface area contributed by atoms with Crippen molar-refractivity contribution in [2.24, 2.45) is 0 Å². The highest BCUT2D eigenvalue weighted by Gasteiger charge is 2.42. The molecule has 1 saturated heterocycles. The van der Waals surface area contributed by atoms with E-state index in [-0.39, 0.29) is 23.7 Å². The number of carbonyl (C=O) groups excluding carboxylic acids is 1. The van der Waals surface area contributed by atoms with Gasteiger partial charge in [0.1, 0.15) is 0 Å². The maximum atomic E-state index is 13.1. The summed E-state index contributed by atoms with van der Waals surface area (Å²) in [5, 5.41) is 6.64. The lowest BCUT2D eigenvalue weighted by Gasteiger charge is -2.38. The predicted molar refractivity (Wildman–Crippen MR) is 92.6 cm³/mol. The van der Waals surface area contributed by atoms with Gasteiger partial charge in [0.15, 0.2) is 0 Å². The molecule has 1 heterocycles. The quantitative estimate of drug-likeness (QED) is 0.898. The SMILES string of the molecule is Cc1ccccc1C1(C(=O)NC2CCNC2)CCCCC1.Cl. The van der Waals surface area contributed by atoms with Crippen molar-refractivity contribution in [3.05, 3.63) is 35.4 Å². The van der Waals surface area contributed by atoms with E-state index < -0.39 is 0 Å². The van der Waals surface area contributed by atoms with Gasteiger partial charge in [-0.25, -0.2) is 0 Å². The fourth-order valence-corrected chi connectivity index (χ4v) is 3.99. The van der Waals surface area contributed by atoms with E-state index in [1.165, 1.54) is 17.5 Å². The van der Waals surface area contributed by atoms with E-state index in [9.17, 15) is 4.79 Å². The Balaban J connectivity index is 0.00000176. The van der Waals surface area contributed by atoms with E-state index in [0.29, 0.717) is 6.04 Å². The van der Waals surface area contributed by atoms with Crippen molar-refractivity contribution in [3.8, 4) is 0 Å². The first-order chi connectivity index (χ1) is 10.2. The molecule has 2 fully saturated rings. The smallest absolute Gasteiger partial charge is 0.230 e. The van der Waals surface area contributed by atoms with Crippen molar-refractivity contribution in [1.82, 2.24) is 10.6 Å². The van der Waals surface area contributed by atoms with Gasteiger partial charge in [0, 0.05) is 12.6 Å². The molecule has 22 heavy (non-hydrogen) atoms. The van der Waals surface area contributed by atoms with E-state index in [4.69, 9.17) is 0 Å². The lowest BCUT2D eigenvalue weighted by atomic mass is 9.67. The van der Waals surface area contributed by atoms with Crippen LogP contribution in [0.5, 0.6) is 0 Å². The summed E-state index contributed by atoms with van der Waals surface area (Å²) >= 11 is 0. The van der Waals surface area contributed by atoms with Gasteiger partial charge in [-0.1, -0.05) is 43.5 Å². The number of benzene rings is 1. The minimum Gasteiger partial charge on any atom is -0.351 e. The molecule has 1 aromatic carbocycles. The zero-order valence-corrected chi connectivity index (χ0v) is 14.2. The Hall–Kier alpha value is -1.06. The third-order valence-corrected chi connectivity index (χ3v) is 5.20. The summed E-state index contributed by atoms with van der Waals surface area (Å²) in [4.78, 5) is 13.1. The van der Waals surface area contributed by atoms with Gasteiger partial charge in [0.05, 0.1) is 5.41 Å². The Kier molecular flexibility index (Phi) is 5.87. The molecule has 1 unspecified atom stereocenters. The summed E-state index contributed by atoms with van der Waals surface area (Å²) in [7, 11) is 0. The summed E-state index contributed by atoms with van der Waals surface area (Å²) in [6.45, 7) is 4.06. The largest absolute Gasteiger partial charge is 0.351 e. The Morgan fingerprint density at radius 3 is 2.59 bits per heavy atom. The third kappa shape index (κ3) is 3.31. The Morgan fingerprint density at radius 2 is 1.95 bits per heavy atom. The van der Waals surface area contributed by atoms with Crippen LogP contribution in [0, 0.1) is 6.92 Å². The predicted octanol–water partition coefficient (Wildman–Crippen LogP) is 3.10. The average molecular weight is 323 g/mol. The number of nitrogens with one attached hydrogen (secondary N) is 2. The summed E-state index contributed by atoms with van der Waals surface area (Å²) in [5.41, 5.74) is 2.19. The third-order valence-electron chi connectivity index (χ3n) is 5.20. The molecule has 0 aromatic heterocycles. The highest BCUT2D eigenvalue weighted by atomic mass is 35.5. The van der Waals surface area contributed by atoms with Gasteiger partial charge >= 0.3 is 0 Å². The van der Waals surface area contributed by atoms with Crippen LogP contribution in [0.15, 0.2) is 24.3 Å². The summed E-state index contributed by atoms with van der Waals surface area (Å²) in [5.74, 6) is 0.255. The van der Waals surface area contributed by atoms with Crippen LogP contribution in [0.1, 0.15) is 49.7 Å². The van der Waals surface area contributed by atoms with Crippen molar-refractivity contribution < 1.29 is 4.79 Å². The van der Waals surface area contributed by atoms with Crippen LogP contribution in [0.2, 0.25) is 0 Å². The molecule has 1 saturated carbocycles. The molecule has 4 heteroatoms. The maximum Gasteiger partial charge on any atom is 0.230 e. The van der Waals surface area contributed by atoms with Gasteiger partial charge < -0.3 is 10.6 Å². The molecule has 0 bridgehead atoms. The monoisotopic (exact) mass is 322 g/mol. The van der Waals surface area contributed by atoms with Gasteiger partial charge in [-0.2, -0.15) is 0 Å². The van der Waals surface area contributed by atoms with Crippen molar-refractivity contribution in [2.45, 2.75) is 56.9 Å². The van der Waals surface area contributed by atoms with Crippen LogP contribution in [-0.4, -0.2) is 25.0 Å². The minimum atomic E-state index is -0.299. The Morgan fingerprint density at radius 1 is 1.23 bits per heavy atom. The molecule has 1 atom stereocenters.